The zero-order valence-corrected chi connectivity index (χ0v) is 13.7. The molecular weight excluding hydrogens is 251 g/mol. The van der Waals surface area contributed by atoms with Crippen LogP contribution in [0.4, 0.5) is 10.1 Å². The van der Waals surface area contributed by atoms with E-state index in [-0.39, 0.29) is 5.82 Å². The molecule has 1 aromatic rings. The number of nitrogens with zero attached hydrogens (tertiary/aromatic N) is 1. The molecule has 3 heteroatoms. The molecule has 0 aromatic heterocycles. The third-order valence-electron chi connectivity index (χ3n) is 3.60. The Kier molecular flexibility index (Phi) is 6.47. The van der Waals surface area contributed by atoms with Crippen molar-refractivity contribution in [1.29, 1.82) is 0 Å². The second-order valence-corrected chi connectivity index (χ2v) is 6.40. The van der Waals surface area contributed by atoms with E-state index in [1.165, 1.54) is 0 Å². The molecule has 0 fully saturated rings. The Hall–Kier alpha value is -1.09. The number of benzene rings is 1. The van der Waals surface area contributed by atoms with E-state index in [1.54, 1.807) is 12.1 Å². The van der Waals surface area contributed by atoms with Crippen LogP contribution in [0.25, 0.3) is 0 Å². The van der Waals surface area contributed by atoms with E-state index >= 15 is 0 Å². The van der Waals surface area contributed by atoms with Gasteiger partial charge in [0.1, 0.15) is 5.82 Å². The summed E-state index contributed by atoms with van der Waals surface area (Å²) in [4.78, 5) is 2.26. The van der Waals surface area contributed by atoms with Gasteiger partial charge in [0, 0.05) is 31.4 Å². The first-order valence-electron chi connectivity index (χ1n) is 7.56. The first-order valence-corrected chi connectivity index (χ1v) is 7.56. The molecule has 114 valence electrons. The average Bonchev–Trinajstić information content (AvgIpc) is 2.34. The molecule has 0 saturated carbocycles. The number of hydrogen-bond donors (Lipinski definition) is 1. The summed E-state index contributed by atoms with van der Waals surface area (Å²) in [5.41, 5.74) is 2.14. The molecule has 1 atom stereocenters. The van der Waals surface area contributed by atoms with E-state index in [9.17, 15) is 4.39 Å². The summed E-state index contributed by atoms with van der Waals surface area (Å²) < 4.78 is 13.5. The maximum absolute atomic E-state index is 13.5. The van der Waals surface area contributed by atoms with Crippen LogP contribution in [0.5, 0.6) is 0 Å². The van der Waals surface area contributed by atoms with Crippen molar-refractivity contribution in [3.05, 3.63) is 29.6 Å². The predicted molar refractivity (Wildman–Crippen MR) is 85.7 cm³/mol. The largest absolute Gasteiger partial charge is 0.372 e. The molecule has 2 nitrogen and oxygen atoms in total. The average molecular weight is 280 g/mol. The Bertz CT molecular complexity index is 415. The van der Waals surface area contributed by atoms with Crippen molar-refractivity contribution in [2.24, 2.45) is 5.92 Å². The van der Waals surface area contributed by atoms with Crippen molar-refractivity contribution in [2.45, 2.75) is 59.7 Å². The first-order chi connectivity index (χ1) is 9.31. The van der Waals surface area contributed by atoms with Crippen molar-refractivity contribution in [3.8, 4) is 0 Å². The van der Waals surface area contributed by atoms with Crippen LogP contribution in [0.3, 0.4) is 0 Å². The monoisotopic (exact) mass is 280 g/mol. The summed E-state index contributed by atoms with van der Waals surface area (Å²) in [5.74, 6) is 0.490. The molecule has 0 aliphatic rings. The van der Waals surface area contributed by atoms with E-state index in [2.05, 4.69) is 51.9 Å². The molecule has 0 amide bonds. The molecule has 0 radical (unpaired) electrons. The van der Waals surface area contributed by atoms with E-state index in [0.717, 1.165) is 17.7 Å². The second kappa shape index (κ2) is 7.63. The molecule has 0 saturated heterocycles. The normalized spacial score (nSPS) is 13.1. The third kappa shape index (κ3) is 5.12. The standard InChI is InChI=1S/C17H29FN2/c1-12(2)9-14(5)20(6)17-8-7-16(18)10-15(17)11-19-13(3)4/h7-8,10,12-14,19H,9,11H2,1-6H3. The topological polar surface area (TPSA) is 15.3 Å². The van der Waals surface area contributed by atoms with Crippen molar-refractivity contribution in [1.82, 2.24) is 5.32 Å². The first kappa shape index (κ1) is 17.0. The quantitative estimate of drug-likeness (QED) is 0.805. The van der Waals surface area contributed by atoms with Gasteiger partial charge in [0.05, 0.1) is 0 Å². The maximum atomic E-state index is 13.5. The summed E-state index contributed by atoms with van der Waals surface area (Å²) in [5, 5.41) is 3.37. The van der Waals surface area contributed by atoms with E-state index < -0.39 is 0 Å². The van der Waals surface area contributed by atoms with Gasteiger partial charge in [-0.3, -0.25) is 0 Å². The van der Waals surface area contributed by atoms with E-state index in [4.69, 9.17) is 0 Å². The van der Waals surface area contributed by atoms with Crippen LogP contribution in [0.2, 0.25) is 0 Å². The van der Waals surface area contributed by atoms with Gasteiger partial charge in [-0.2, -0.15) is 0 Å². The van der Waals surface area contributed by atoms with Gasteiger partial charge in [-0.15, -0.1) is 0 Å². The van der Waals surface area contributed by atoms with Gasteiger partial charge in [-0.25, -0.2) is 4.39 Å². The Morgan fingerprint density at radius 1 is 1.15 bits per heavy atom. The lowest BCUT2D eigenvalue weighted by atomic mass is 10.0. The molecular formula is C17H29FN2. The van der Waals surface area contributed by atoms with E-state index in [1.807, 2.05) is 6.07 Å². The van der Waals surface area contributed by atoms with Crippen molar-refractivity contribution < 1.29 is 4.39 Å². The second-order valence-electron chi connectivity index (χ2n) is 6.40. The SMILES string of the molecule is CC(C)CC(C)N(C)c1ccc(F)cc1CNC(C)C. The number of rotatable bonds is 7. The zero-order chi connectivity index (χ0) is 15.3. The zero-order valence-electron chi connectivity index (χ0n) is 13.7. The molecule has 0 bridgehead atoms. The number of nitrogens with one attached hydrogen (secondary N) is 1. The Labute approximate surface area is 123 Å². The molecule has 1 unspecified atom stereocenters. The van der Waals surface area contributed by atoms with Crippen LogP contribution >= 0.6 is 0 Å². The Balaban J connectivity index is 2.91. The lowest BCUT2D eigenvalue weighted by Crippen LogP contribution is -2.32. The highest BCUT2D eigenvalue weighted by atomic mass is 19.1. The summed E-state index contributed by atoms with van der Waals surface area (Å²) in [6, 6.07) is 5.92. The predicted octanol–water partition coefficient (Wildman–Crippen LogP) is 4.19. The minimum Gasteiger partial charge on any atom is -0.372 e. The molecule has 1 N–H and O–H groups in total. The van der Waals surface area contributed by atoms with Crippen molar-refractivity contribution in [2.75, 3.05) is 11.9 Å². The number of halogens is 1. The van der Waals surface area contributed by atoms with Gasteiger partial charge in [0.15, 0.2) is 0 Å². The lowest BCUT2D eigenvalue weighted by Gasteiger charge is -2.30. The van der Waals surface area contributed by atoms with E-state index in [0.29, 0.717) is 24.5 Å². The van der Waals surface area contributed by atoms with Crippen LogP contribution in [0.1, 0.15) is 46.6 Å². The van der Waals surface area contributed by atoms with Crippen LogP contribution in [-0.4, -0.2) is 19.1 Å². The fourth-order valence-electron chi connectivity index (χ4n) is 2.43. The van der Waals surface area contributed by atoms with Crippen LogP contribution < -0.4 is 10.2 Å². The minimum absolute atomic E-state index is 0.167. The maximum Gasteiger partial charge on any atom is 0.123 e. The summed E-state index contributed by atoms with van der Waals surface area (Å²) in [7, 11) is 2.10. The molecule has 1 aromatic carbocycles. The Morgan fingerprint density at radius 2 is 1.80 bits per heavy atom. The minimum atomic E-state index is -0.167. The summed E-state index contributed by atoms with van der Waals surface area (Å²) in [6.07, 6.45) is 1.13. The highest BCUT2D eigenvalue weighted by Crippen LogP contribution is 2.24. The molecule has 0 spiro atoms. The third-order valence-corrected chi connectivity index (χ3v) is 3.60. The molecule has 1 rings (SSSR count). The van der Waals surface area contributed by atoms with Crippen molar-refractivity contribution >= 4 is 5.69 Å². The molecule has 20 heavy (non-hydrogen) atoms. The van der Waals surface area contributed by atoms with Crippen LogP contribution in [0.15, 0.2) is 18.2 Å². The van der Waals surface area contributed by atoms with Crippen molar-refractivity contribution in [3.63, 3.8) is 0 Å². The molecule has 0 aliphatic carbocycles. The van der Waals surface area contributed by atoms with Crippen LogP contribution in [-0.2, 0) is 6.54 Å². The number of anilines is 1. The lowest BCUT2D eigenvalue weighted by molar-refractivity contribution is 0.502. The van der Waals surface area contributed by atoms with Crippen LogP contribution in [0, 0.1) is 11.7 Å². The van der Waals surface area contributed by atoms with Gasteiger partial charge in [-0.1, -0.05) is 27.7 Å². The van der Waals surface area contributed by atoms with Gasteiger partial charge >= 0.3 is 0 Å². The highest BCUT2D eigenvalue weighted by Gasteiger charge is 2.15. The summed E-state index contributed by atoms with van der Waals surface area (Å²) >= 11 is 0. The highest BCUT2D eigenvalue weighted by molar-refractivity contribution is 5.54. The smallest absolute Gasteiger partial charge is 0.123 e. The fourth-order valence-corrected chi connectivity index (χ4v) is 2.43. The van der Waals surface area contributed by atoms with Gasteiger partial charge < -0.3 is 10.2 Å². The fraction of sp³-hybridized carbons (Fsp3) is 0.647. The molecule has 0 heterocycles. The summed E-state index contributed by atoms with van der Waals surface area (Å²) in [6.45, 7) is 11.6. The van der Waals surface area contributed by atoms with Gasteiger partial charge in [0.2, 0.25) is 0 Å². The number of hydrogen-bond acceptors (Lipinski definition) is 2. The molecule has 0 aliphatic heterocycles. The Morgan fingerprint density at radius 3 is 2.35 bits per heavy atom. The van der Waals surface area contributed by atoms with Gasteiger partial charge in [0.25, 0.3) is 0 Å². The van der Waals surface area contributed by atoms with Gasteiger partial charge in [-0.05, 0) is 43.0 Å².